The SMILES string of the molecule is CCCCCNc1ccc2c(c1[N+](=O)[O-])C(=O)c1ccccc1C2=O. The van der Waals surface area contributed by atoms with Gasteiger partial charge in [0, 0.05) is 23.2 Å². The molecule has 0 amide bonds. The van der Waals surface area contributed by atoms with Gasteiger partial charge in [-0.1, -0.05) is 44.0 Å². The van der Waals surface area contributed by atoms with Crippen LogP contribution in [-0.4, -0.2) is 23.0 Å². The van der Waals surface area contributed by atoms with E-state index >= 15 is 0 Å². The van der Waals surface area contributed by atoms with Gasteiger partial charge >= 0.3 is 5.69 Å². The first kappa shape index (κ1) is 16.8. The highest BCUT2D eigenvalue weighted by Crippen LogP contribution is 2.37. The first-order valence-corrected chi connectivity index (χ1v) is 8.30. The second-order valence-electron chi connectivity index (χ2n) is 5.98. The van der Waals surface area contributed by atoms with E-state index in [4.69, 9.17) is 0 Å². The predicted molar refractivity (Wildman–Crippen MR) is 94.4 cm³/mol. The molecule has 1 N–H and O–H groups in total. The molecule has 0 aliphatic heterocycles. The number of hydrogen-bond acceptors (Lipinski definition) is 5. The summed E-state index contributed by atoms with van der Waals surface area (Å²) in [5.41, 5.74) is 0.440. The maximum atomic E-state index is 12.8. The number of nitro benzene ring substituents is 1. The molecule has 128 valence electrons. The number of carbonyl (C=O) groups is 2. The normalized spacial score (nSPS) is 12.5. The molecule has 0 heterocycles. The molecule has 3 rings (SSSR count). The first-order valence-electron chi connectivity index (χ1n) is 8.30. The average molecular weight is 338 g/mol. The van der Waals surface area contributed by atoms with Crippen LogP contribution >= 0.6 is 0 Å². The molecule has 0 spiro atoms. The van der Waals surface area contributed by atoms with Crippen LogP contribution in [0.15, 0.2) is 36.4 Å². The van der Waals surface area contributed by atoms with Gasteiger partial charge in [0.1, 0.15) is 11.3 Å². The summed E-state index contributed by atoms with van der Waals surface area (Å²) in [6.07, 6.45) is 2.93. The fraction of sp³-hybridized carbons (Fsp3) is 0.263. The van der Waals surface area contributed by atoms with Gasteiger partial charge in [-0.3, -0.25) is 19.7 Å². The van der Waals surface area contributed by atoms with Crippen LogP contribution in [0, 0.1) is 10.1 Å². The third-order valence-corrected chi connectivity index (χ3v) is 4.34. The standard InChI is InChI=1S/C19H18N2O4/c1-2-3-6-11-20-15-10-9-14-16(17(15)21(24)25)19(23)13-8-5-4-7-12(13)18(14)22/h4-5,7-10,20H,2-3,6,11H2,1H3. The van der Waals surface area contributed by atoms with Gasteiger partial charge in [0.05, 0.1) is 4.92 Å². The lowest BCUT2D eigenvalue weighted by Gasteiger charge is -2.18. The van der Waals surface area contributed by atoms with Crippen molar-refractivity contribution in [3.05, 3.63) is 68.8 Å². The Morgan fingerprint density at radius 1 is 0.960 bits per heavy atom. The molecule has 0 fully saturated rings. The van der Waals surface area contributed by atoms with E-state index in [1.54, 1.807) is 18.2 Å². The lowest BCUT2D eigenvalue weighted by atomic mass is 9.83. The van der Waals surface area contributed by atoms with E-state index in [1.807, 2.05) is 0 Å². The molecule has 6 heteroatoms. The molecule has 0 unspecified atom stereocenters. The van der Waals surface area contributed by atoms with Crippen molar-refractivity contribution in [2.24, 2.45) is 0 Å². The molecule has 2 aromatic rings. The Balaban J connectivity index is 2.09. The summed E-state index contributed by atoms with van der Waals surface area (Å²) in [5.74, 6) is -0.833. The number of hydrogen-bond donors (Lipinski definition) is 1. The molecule has 0 aromatic heterocycles. The first-order chi connectivity index (χ1) is 12.1. The second kappa shape index (κ2) is 6.84. The number of ketones is 2. The highest BCUT2D eigenvalue weighted by molar-refractivity contribution is 6.30. The summed E-state index contributed by atoms with van der Waals surface area (Å²) >= 11 is 0. The quantitative estimate of drug-likeness (QED) is 0.417. The number of fused-ring (bicyclic) bond motifs is 2. The number of benzene rings is 2. The van der Waals surface area contributed by atoms with Gasteiger partial charge in [0.25, 0.3) is 0 Å². The van der Waals surface area contributed by atoms with Crippen molar-refractivity contribution in [3.8, 4) is 0 Å². The highest BCUT2D eigenvalue weighted by Gasteiger charge is 2.37. The van der Waals surface area contributed by atoms with E-state index in [0.29, 0.717) is 6.54 Å². The summed E-state index contributed by atoms with van der Waals surface area (Å²) in [5, 5.41) is 14.7. The molecule has 1 aliphatic rings. The van der Waals surface area contributed by atoms with Crippen LogP contribution in [0.5, 0.6) is 0 Å². The zero-order valence-corrected chi connectivity index (χ0v) is 13.9. The van der Waals surface area contributed by atoms with E-state index in [0.717, 1.165) is 19.3 Å². The third kappa shape index (κ3) is 2.91. The van der Waals surface area contributed by atoms with Gasteiger partial charge in [-0.15, -0.1) is 0 Å². The van der Waals surface area contributed by atoms with Gasteiger partial charge in [-0.05, 0) is 18.6 Å². The predicted octanol–water partition coefficient (Wildman–Crippen LogP) is 3.97. The lowest BCUT2D eigenvalue weighted by Crippen LogP contribution is -2.23. The van der Waals surface area contributed by atoms with Crippen molar-refractivity contribution in [1.29, 1.82) is 0 Å². The molecule has 0 atom stereocenters. The number of nitrogens with zero attached hydrogens (tertiary/aromatic N) is 1. The van der Waals surface area contributed by atoms with Crippen LogP contribution in [0.25, 0.3) is 0 Å². The molecular weight excluding hydrogens is 320 g/mol. The van der Waals surface area contributed by atoms with Crippen LogP contribution in [0.1, 0.15) is 58.0 Å². The minimum Gasteiger partial charge on any atom is -0.379 e. The van der Waals surface area contributed by atoms with Crippen molar-refractivity contribution in [2.45, 2.75) is 26.2 Å². The summed E-state index contributed by atoms with van der Waals surface area (Å²) in [6.45, 7) is 2.65. The van der Waals surface area contributed by atoms with Crippen LogP contribution in [-0.2, 0) is 0 Å². The van der Waals surface area contributed by atoms with Gasteiger partial charge in [-0.25, -0.2) is 0 Å². The van der Waals surface area contributed by atoms with Crippen molar-refractivity contribution in [2.75, 3.05) is 11.9 Å². The highest BCUT2D eigenvalue weighted by atomic mass is 16.6. The largest absolute Gasteiger partial charge is 0.379 e. The molecule has 1 aliphatic carbocycles. The van der Waals surface area contributed by atoms with Crippen LogP contribution < -0.4 is 5.32 Å². The molecule has 0 radical (unpaired) electrons. The molecule has 0 saturated heterocycles. The second-order valence-corrected chi connectivity index (χ2v) is 5.98. The number of anilines is 1. The maximum absolute atomic E-state index is 12.8. The molecule has 6 nitrogen and oxygen atoms in total. The average Bonchev–Trinajstić information content (AvgIpc) is 2.62. The van der Waals surface area contributed by atoms with Crippen LogP contribution in [0.2, 0.25) is 0 Å². The van der Waals surface area contributed by atoms with E-state index in [2.05, 4.69) is 12.2 Å². The minimum absolute atomic E-state index is 0.0921. The molecule has 2 aromatic carbocycles. The van der Waals surface area contributed by atoms with E-state index in [1.165, 1.54) is 18.2 Å². The number of nitrogens with one attached hydrogen (secondary N) is 1. The zero-order chi connectivity index (χ0) is 18.0. The van der Waals surface area contributed by atoms with Gasteiger partial charge in [0.15, 0.2) is 5.78 Å². The molecule has 0 bridgehead atoms. The van der Waals surface area contributed by atoms with Gasteiger partial charge in [0.2, 0.25) is 5.78 Å². The number of nitro groups is 1. The fourth-order valence-electron chi connectivity index (χ4n) is 3.10. The molecule has 0 saturated carbocycles. The Morgan fingerprint density at radius 3 is 2.28 bits per heavy atom. The Hall–Kier alpha value is -3.02. The van der Waals surface area contributed by atoms with Gasteiger partial charge < -0.3 is 5.32 Å². The Labute approximate surface area is 145 Å². The van der Waals surface area contributed by atoms with E-state index in [9.17, 15) is 19.7 Å². The lowest BCUT2D eigenvalue weighted by molar-refractivity contribution is -0.384. The number of rotatable bonds is 6. The maximum Gasteiger partial charge on any atom is 0.304 e. The third-order valence-electron chi connectivity index (χ3n) is 4.34. The van der Waals surface area contributed by atoms with Crippen molar-refractivity contribution in [3.63, 3.8) is 0 Å². The summed E-state index contributed by atoms with van der Waals surface area (Å²) in [7, 11) is 0. The smallest absolute Gasteiger partial charge is 0.304 e. The molecule has 25 heavy (non-hydrogen) atoms. The van der Waals surface area contributed by atoms with Crippen LogP contribution in [0.3, 0.4) is 0 Å². The van der Waals surface area contributed by atoms with Crippen molar-refractivity contribution in [1.82, 2.24) is 0 Å². The zero-order valence-electron chi connectivity index (χ0n) is 13.9. The molecular formula is C19H18N2O4. The number of unbranched alkanes of at least 4 members (excludes halogenated alkanes) is 2. The summed E-state index contributed by atoms with van der Waals surface area (Å²) < 4.78 is 0. The van der Waals surface area contributed by atoms with Crippen molar-refractivity contribution < 1.29 is 14.5 Å². The summed E-state index contributed by atoms with van der Waals surface area (Å²) in [6, 6.07) is 9.44. The van der Waals surface area contributed by atoms with Gasteiger partial charge in [-0.2, -0.15) is 0 Å². The van der Waals surface area contributed by atoms with E-state index in [-0.39, 0.29) is 39.4 Å². The Bertz CT molecular complexity index is 874. The topological polar surface area (TPSA) is 89.3 Å². The summed E-state index contributed by atoms with van der Waals surface area (Å²) in [4.78, 5) is 36.5. The minimum atomic E-state index is -0.583. The van der Waals surface area contributed by atoms with Crippen LogP contribution in [0.4, 0.5) is 11.4 Å². The van der Waals surface area contributed by atoms with E-state index < -0.39 is 10.7 Å². The Morgan fingerprint density at radius 2 is 1.64 bits per heavy atom. The Kier molecular flexibility index (Phi) is 4.61. The number of carbonyl (C=O) groups excluding carboxylic acids is 2. The fourth-order valence-corrected chi connectivity index (χ4v) is 3.10. The monoisotopic (exact) mass is 338 g/mol. The van der Waals surface area contributed by atoms with Crippen molar-refractivity contribution >= 4 is 22.9 Å².